The first-order chi connectivity index (χ1) is 11.1. The predicted octanol–water partition coefficient (Wildman–Crippen LogP) is 3.16. The normalized spacial score (nSPS) is 16.1. The molecule has 1 aliphatic heterocycles. The zero-order valence-corrected chi connectivity index (χ0v) is 14.3. The van der Waals surface area contributed by atoms with E-state index in [1.165, 1.54) is 0 Å². The zero-order chi connectivity index (χ0) is 16.4. The summed E-state index contributed by atoms with van der Waals surface area (Å²) in [6, 6.07) is 14.4. The molecule has 2 amide bonds. The standard InChI is InChI=1S/C18H17BrN2O2/c1-2-20-17(22)16-11-13-5-3-4-6-15(13)21(16)18(23)12-7-9-14(19)10-8-12/h3-10,16H,2,11H2,1H3,(H,20,22). The van der Waals surface area contributed by atoms with Gasteiger partial charge in [-0.05, 0) is 42.8 Å². The van der Waals surface area contributed by atoms with Gasteiger partial charge in [0.15, 0.2) is 0 Å². The molecule has 2 aromatic rings. The average Bonchev–Trinajstić information content (AvgIpc) is 2.94. The molecule has 0 fully saturated rings. The first-order valence-corrected chi connectivity index (χ1v) is 8.36. The maximum absolute atomic E-state index is 13.0. The molecule has 118 valence electrons. The summed E-state index contributed by atoms with van der Waals surface area (Å²) in [5.41, 5.74) is 2.41. The summed E-state index contributed by atoms with van der Waals surface area (Å²) < 4.78 is 0.913. The van der Waals surface area contributed by atoms with Crippen LogP contribution >= 0.6 is 15.9 Å². The molecule has 1 unspecified atom stereocenters. The van der Waals surface area contributed by atoms with Crippen LogP contribution in [0.15, 0.2) is 53.0 Å². The zero-order valence-electron chi connectivity index (χ0n) is 12.8. The van der Waals surface area contributed by atoms with Crippen molar-refractivity contribution >= 4 is 33.4 Å². The fraction of sp³-hybridized carbons (Fsp3) is 0.222. The van der Waals surface area contributed by atoms with Gasteiger partial charge in [0.1, 0.15) is 6.04 Å². The number of amides is 2. The number of nitrogens with zero attached hydrogens (tertiary/aromatic N) is 1. The van der Waals surface area contributed by atoms with Crippen LogP contribution in [0.25, 0.3) is 0 Å². The SMILES string of the molecule is CCNC(=O)C1Cc2ccccc2N1C(=O)c1ccc(Br)cc1. The molecule has 23 heavy (non-hydrogen) atoms. The van der Waals surface area contributed by atoms with E-state index in [1.54, 1.807) is 17.0 Å². The molecule has 3 rings (SSSR count). The molecule has 1 aliphatic rings. The molecular formula is C18H17BrN2O2. The van der Waals surface area contributed by atoms with Gasteiger partial charge in [0.2, 0.25) is 5.91 Å². The van der Waals surface area contributed by atoms with E-state index in [1.807, 2.05) is 43.3 Å². The first kappa shape index (κ1) is 15.7. The van der Waals surface area contributed by atoms with Crippen LogP contribution in [-0.4, -0.2) is 24.4 Å². The van der Waals surface area contributed by atoms with Crippen molar-refractivity contribution in [3.63, 3.8) is 0 Å². The van der Waals surface area contributed by atoms with E-state index in [2.05, 4.69) is 21.2 Å². The van der Waals surface area contributed by atoms with Crippen LogP contribution in [0.5, 0.6) is 0 Å². The number of rotatable bonds is 3. The van der Waals surface area contributed by atoms with Crippen LogP contribution in [0, 0.1) is 0 Å². The second-order valence-corrected chi connectivity index (χ2v) is 6.34. The molecule has 0 bridgehead atoms. The van der Waals surface area contributed by atoms with Gasteiger partial charge in [-0.25, -0.2) is 0 Å². The highest BCUT2D eigenvalue weighted by molar-refractivity contribution is 9.10. The van der Waals surface area contributed by atoms with Crippen LogP contribution in [0.1, 0.15) is 22.8 Å². The number of hydrogen-bond acceptors (Lipinski definition) is 2. The molecule has 1 heterocycles. The van der Waals surface area contributed by atoms with Crippen molar-refractivity contribution in [3.8, 4) is 0 Å². The van der Waals surface area contributed by atoms with Gasteiger partial charge < -0.3 is 5.32 Å². The second-order valence-electron chi connectivity index (χ2n) is 5.43. The summed E-state index contributed by atoms with van der Waals surface area (Å²) in [5, 5.41) is 2.83. The van der Waals surface area contributed by atoms with Gasteiger partial charge in [0.25, 0.3) is 5.91 Å². The number of hydrogen-bond donors (Lipinski definition) is 1. The van der Waals surface area contributed by atoms with Gasteiger partial charge in [0, 0.05) is 28.7 Å². The maximum Gasteiger partial charge on any atom is 0.259 e. The van der Waals surface area contributed by atoms with Crippen LogP contribution in [0.2, 0.25) is 0 Å². The molecule has 0 radical (unpaired) electrons. The lowest BCUT2D eigenvalue weighted by atomic mass is 10.1. The monoisotopic (exact) mass is 372 g/mol. The van der Waals surface area contributed by atoms with Crippen molar-refractivity contribution in [1.82, 2.24) is 5.32 Å². The summed E-state index contributed by atoms with van der Waals surface area (Å²) in [6.07, 6.45) is 0.546. The van der Waals surface area contributed by atoms with E-state index in [4.69, 9.17) is 0 Å². The van der Waals surface area contributed by atoms with Crippen molar-refractivity contribution in [1.29, 1.82) is 0 Å². The number of para-hydroxylation sites is 1. The lowest BCUT2D eigenvalue weighted by Crippen LogP contribution is -2.48. The molecular weight excluding hydrogens is 356 g/mol. The average molecular weight is 373 g/mol. The van der Waals surface area contributed by atoms with Crippen molar-refractivity contribution in [2.45, 2.75) is 19.4 Å². The van der Waals surface area contributed by atoms with Crippen LogP contribution in [0.3, 0.4) is 0 Å². The lowest BCUT2D eigenvalue weighted by Gasteiger charge is -2.25. The number of benzene rings is 2. The Kier molecular flexibility index (Phi) is 4.48. The fourth-order valence-corrected chi connectivity index (χ4v) is 3.13. The fourth-order valence-electron chi connectivity index (χ4n) is 2.87. The highest BCUT2D eigenvalue weighted by atomic mass is 79.9. The summed E-state index contributed by atoms with van der Waals surface area (Å²) in [7, 11) is 0. The number of carbonyl (C=O) groups excluding carboxylic acids is 2. The Hall–Kier alpha value is -2.14. The topological polar surface area (TPSA) is 49.4 Å². The quantitative estimate of drug-likeness (QED) is 0.899. The van der Waals surface area contributed by atoms with E-state index in [0.717, 1.165) is 15.7 Å². The van der Waals surface area contributed by atoms with E-state index in [0.29, 0.717) is 18.5 Å². The molecule has 0 aliphatic carbocycles. The minimum absolute atomic E-state index is 0.117. The van der Waals surface area contributed by atoms with Gasteiger partial charge in [-0.2, -0.15) is 0 Å². The third-order valence-corrected chi connectivity index (χ3v) is 4.47. The first-order valence-electron chi connectivity index (χ1n) is 7.56. The van der Waals surface area contributed by atoms with Crippen molar-refractivity contribution < 1.29 is 9.59 Å². The Balaban J connectivity index is 1.99. The molecule has 2 aromatic carbocycles. The molecule has 4 nitrogen and oxygen atoms in total. The molecule has 5 heteroatoms. The number of carbonyl (C=O) groups is 2. The number of halogens is 1. The van der Waals surface area contributed by atoms with Gasteiger partial charge >= 0.3 is 0 Å². The Bertz CT molecular complexity index is 743. The Morgan fingerprint density at radius 1 is 1.17 bits per heavy atom. The maximum atomic E-state index is 13.0. The lowest BCUT2D eigenvalue weighted by molar-refractivity contribution is -0.122. The van der Waals surface area contributed by atoms with Crippen LogP contribution in [0.4, 0.5) is 5.69 Å². The molecule has 0 spiro atoms. The highest BCUT2D eigenvalue weighted by Crippen LogP contribution is 2.33. The molecule has 1 atom stereocenters. The van der Waals surface area contributed by atoms with Crippen molar-refractivity contribution in [2.24, 2.45) is 0 Å². The van der Waals surface area contributed by atoms with Crippen LogP contribution in [-0.2, 0) is 11.2 Å². The number of likely N-dealkylation sites (N-methyl/N-ethyl adjacent to an activating group) is 1. The van der Waals surface area contributed by atoms with Crippen LogP contribution < -0.4 is 10.2 Å². The van der Waals surface area contributed by atoms with E-state index in [9.17, 15) is 9.59 Å². The van der Waals surface area contributed by atoms with E-state index >= 15 is 0 Å². The van der Waals surface area contributed by atoms with Gasteiger partial charge in [-0.3, -0.25) is 14.5 Å². The summed E-state index contributed by atoms with van der Waals surface area (Å²) in [5.74, 6) is -0.270. The van der Waals surface area contributed by atoms with Gasteiger partial charge in [-0.1, -0.05) is 34.1 Å². The third-order valence-electron chi connectivity index (χ3n) is 3.94. The largest absolute Gasteiger partial charge is 0.355 e. The van der Waals surface area contributed by atoms with Crippen molar-refractivity contribution in [2.75, 3.05) is 11.4 Å². The smallest absolute Gasteiger partial charge is 0.259 e. The predicted molar refractivity (Wildman–Crippen MR) is 93.6 cm³/mol. The Morgan fingerprint density at radius 3 is 2.57 bits per heavy atom. The van der Waals surface area contributed by atoms with Crippen molar-refractivity contribution in [3.05, 3.63) is 64.1 Å². The van der Waals surface area contributed by atoms with E-state index < -0.39 is 6.04 Å². The minimum atomic E-state index is -0.497. The van der Waals surface area contributed by atoms with E-state index in [-0.39, 0.29) is 11.8 Å². The molecule has 0 aromatic heterocycles. The highest BCUT2D eigenvalue weighted by Gasteiger charge is 2.38. The Morgan fingerprint density at radius 2 is 1.87 bits per heavy atom. The van der Waals surface area contributed by atoms with Gasteiger partial charge in [0.05, 0.1) is 0 Å². The summed E-state index contributed by atoms with van der Waals surface area (Å²) in [4.78, 5) is 27.0. The minimum Gasteiger partial charge on any atom is -0.355 e. The summed E-state index contributed by atoms with van der Waals surface area (Å²) in [6.45, 7) is 2.42. The number of fused-ring (bicyclic) bond motifs is 1. The summed E-state index contributed by atoms with van der Waals surface area (Å²) >= 11 is 3.37. The number of nitrogens with one attached hydrogen (secondary N) is 1. The third kappa shape index (κ3) is 3.01. The Labute approximate surface area is 143 Å². The second kappa shape index (κ2) is 6.54. The molecule has 0 saturated carbocycles. The molecule has 0 saturated heterocycles. The molecule has 1 N–H and O–H groups in total. The number of anilines is 1. The van der Waals surface area contributed by atoms with Gasteiger partial charge in [-0.15, -0.1) is 0 Å².